The zero-order chi connectivity index (χ0) is 40.1. The van der Waals surface area contributed by atoms with E-state index in [2.05, 4.69) is 40.3 Å². The number of oxazole rings is 1. The molecular weight excluding hydrogens is 765 g/mol. The second-order valence-corrected chi connectivity index (χ2v) is 14.9. The highest BCUT2D eigenvalue weighted by atomic mass is 35.5. The van der Waals surface area contributed by atoms with E-state index in [0.29, 0.717) is 76.7 Å². The number of aromatic nitrogens is 2. The molecule has 3 N–H and O–H groups in total. The Morgan fingerprint density at radius 2 is 1.72 bits per heavy atom. The van der Waals surface area contributed by atoms with Gasteiger partial charge in [-0.25, -0.2) is 4.98 Å². The average Bonchev–Trinajstić information content (AvgIpc) is 3.86. The molecule has 7 rings (SSSR count). The number of pyridine rings is 1. The number of halogens is 2. The number of nitrogens with zero attached hydrogens (tertiary/aromatic N) is 4. The van der Waals surface area contributed by atoms with Crippen LogP contribution in [0.1, 0.15) is 45.4 Å². The van der Waals surface area contributed by atoms with Crippen molar-refractivity contribution in [1.82, 2.24) is 20.2 Å². The Bertz CT molecular complexity index is 2480. The van der Waals surface area contributed by atoms with Gasteiger partial charge in [-0.05, 0) is 90.5 Å². The van der Waals surface area contributed by atoms with E-state index in [4.69, 9.17) is 42.1 Å². The molecule has 13 heteroatoms. The van der Waals surface area contributed by atoms with Crippen LogP contribution in [0.4, 0.5) is 0 Å². The van der Waals surface area contributed by atoms with Gasteiger partial charge in [-0.3, -0.25) is 14.7 Å². The second-order valence-electron chi connectivity index (χ2n) is 14.1. The van der Waals surface area contributed by atoms with Crippen LogP contribution in [-0.2, 0) is 31.1 Å². The van der Waals surface area contributed by atoms with Gasteiger partial charge in [0.2, 0.25) is 5.89 Å². The Hall–Kier alpha value is -5.48. The largest absolute Gasteiger partial charge is 0.488 e. The smallest absolute Gasteiger partial charge is 0.307 e. The number of carboxylic acid groups (broad SMARTS) is 1. The Morgan fingerprint density at radius 3 is 2.49 bits per heavy atom. The molecule has 0 saturated carbocycles. The number of aliphatic carboxylic acids is 1. The number of nitriles is 1. The highest BCUT2D eigenvalue weighted by molar-refractivity contribution is 6.34. The number of rotatable bonds is 15. The fourth-order valence-corrected chi connectivity index (χ4v) is 7.70. The molecule has 1 aliphatic rings. The molecule has 1 atom stereocenters. The van der Waals surface area contributed by atoms with Crippen molar-refractivity contribution in [3.63, 3.8) is 0 Å². The van der Waals surface area contributed by atoms with Crippen molar-refractivity contribution >= 4 is 40.3 Å². The first-order valence-corrected chi connectivity index (χ1v) is 19.3. The first kappa shape index (κ1) is 39.7. The zero-order valence-electron chi connectivity index (χ0n) is 31.5. The van der Waals surface area contributed by atoms with Crippen LogP contribution in [-0.4, -0.2) is 57.3 Å². The molecule has 0 spiro atoms. The van der Waals surface area contributed by atoms with Crippen molar-refractivity contribution in [3.05, 3.63) is 128 Å². The van der Waals surface area contributed by atoms with E-state index in [1.165, 1.54) is 6.20 Å². The van der Waals surface area contributed by atoms with Gasteiger partial charge < -0.3 is 29.4 Å². The van der Waals surface area contributed by atoms with Crippen LogP contribution in [0.2, 0.25) is 10.0 Å². The van der Waals surface area contributed by atoms with E-state index in [-0.39, 0.29) is 25.7 Å². The second kappa shape index (κ2) is 17.8. The minimum Gasteiger partial charge on any atom is -0.488 e. The Morgan fingerprint density at radius 1 is 0.947 bits per heavy atom. The van der Waals surface area contributed by atoms with Crippen LogP contribution >= 0.6 is 23.2 Å². The van der Waals surface area contributed by atoms with Crippen LogP contribution < -0.4 is 14.8 Å². The number of likely N-dealkylation sites (tertiary alicyclic amines) is 1. The van der Waals surface area contributed by atoms with Crippen molar-refractivity contribution in [1.29, 1.82) is 5.26 Å². The third kappa shape index (κ3) is 9.07. The summed E-state index contributed by atoms with van der Waals surface area (Å²) in [4.78, 5) is 22.6. The molecule has 4 aromatic carbocycles. The predicted octanol–water partition coefficient (Wildman–Crippen LogP) is 8.50. The number of fused-ring (bicyclic) bond motifs is 1. The van der Waals surface area contributed by atoms with Crippen LogP contribution in [0.3, 0.4) is 0 Å². The summed E-state index contributed by atoms with van der Waals surface area (Å²) in [6.45, 7) is 7.17. The molecule has 292 valence electrons. The lowest BCUT2D eigenvalue weighted by Crippen LogP contribution is -2.22. The first-order chi connectivity index (χ1) is 27.6. The fraction of sp³-hybridized carbons (Fsp3) is 0.273. The molecule has 2 aromatic heterocycles. The number of carboxylic acids is 1. The van der Waals surface area contributed by atoms with Crippen LogP contribution in [0.15, 0.2) is 83.5 Å². The summed E-state index contributed by atoms with van der Waals surface area (Å²) in [6.07, 6.45) is 3.79. The standard InChI is InChI=1S/C44H41Cl2N5O6/c1-26-32(25-56-41-17-40(33(16-37(41)45)21-48-10-12-52)55-24-30-13-29(18-47)19-49-20-30)5-3-6-34(26)35-7-4-8-36(27(35)2)43-50-39-15-28(14-38(46)42(39)57-43)22-51-11-9-31(23-51)44(53)54/h3-8,13-17,19-20,31,48,52H,9-12,21-25H2,1-2H3,(H,53,54). The summed E-state index contributed by atoms with van der Waals surface area (Å²) < 4.78 is 18.8. The third-order valence-corrected chi connectivity index (χ3v) is 10.8. The maximum atomic E-state index is 11.5. The molecule has 57 heavy (non-hydrogen) atoms. The molecule has 0 radical (unpaired) electrons. The summed E-state index contributed by atoms with van der Waals surface area (Å²) in [5.41, 5.74) is 9.98. The fourth-order valence-electron chi connectivity index (χ4n) is 7.19. The van der Waals surface area contributed by atoms with E-state index in [9.17, 15) is 20.3 Å². The number of carbonyl (C=O) groups is 1. The van der Waals surface area contributed by atoms with Crippen LogP contribution in [0.5, 0.6) is 11.5 Å². The highest BCUT2D eigenvalue weighted by Gasteiger charge is 2.28. The van der Waals surface area contributed by atoms with Gasteiger partial charge in [0.05, 0.1) is 28.1 Å². The van der Waals surface area contributed by atoms with Gasteiger partial charge >= 0.3 is 5.97 Å². The minimum atomic E-state index is -0.758. The lowest BCUT2D eigenvalue weighted by molar-refractivity contribution is -0.141. The SMILES string of the molecule is Cc1c(COc2cc(OCc3cncc(C#N)c3)c(CNCCO)cc2Cl)cccc1-c1cccc(-c2nc3cc(CN4CCC(C(=O)O)C4)cc(Cl)c3o2)c1C. The number of hydrogen-bond donors (Lipinski definition) is 3. The van der Waals surface area contributed by atoms with Crippen molar-refractivity contribution in [2.24, 2.45) is 5.92 Å². The van der Waals surface area contributed by atoms with E-state index >= 15 is 0 Å². The summed E-state index contributed by atoms with van der Waals surface area (Å²) in [5, 5.41) is 32.0. The van der Waals surface area contributed by atoms with E-state index in [0.717, 1.165) is 56.6 Å². The van der Waals surface area contributed by atoms with Gasteiger partial charge in [0.1, 0.15) is 36.3 Å². The maximum Gasteiger partial charge on any atom is 0.307 e. The van der Waals surface area contributed by atoms with Gasteiger partial charge in [0, 0.05) is 61.3 Å². The Labute approximate surface area is 340 Å². The van der Waals surface area contributed by atoms with E-state index < -0.39 is 5.97 Å². The predicted molar refractivity (Wildman–Crippen MR) is 218 cm³/mol. The lowest BCUT2D eigenvalue weighted by Gasteiger charge is -2.18. The lowest BCUT2D eigenvalue weighted by atomic mass is 9.91. The molecule has 1 unspecified atom stereocenters. The van der Waals surface area contributed by atoms with Gasteiger partial charge in [-0.1, -0.05) is 53.5 Å². The monoisotopic (exact) mass is 805 g/mol. The zero-order valence-corrected chi connectivity index (χ0v) is 33.0. The molecule has 0 bridgehead atoms. The molecule has 6 aromatic rings. The molecule has 0 amide bonds. The normalized spacial score (nSPS) is 14.2. The highest BCUT2D eigenvalue weighted by Crippen LogP contribution is 2.38. The molecule has 1 saturated heterocycles. The van der Waals surface area contributed by atoms with Gasteiger partial charge in [0.15, 0.2) is 5.58 Å². The Balaban J connectivity index is 1.11. The third-order valence-electron chi connectivity index (χ3n) is 10.3. The quantitative estimate of drug-likeness (QED) is 0.0857. The van der Waals surface area contributed by atoms with Crippen molar-refractivity contribution in [2.75, 3.05) is 26.2 Å². The molecule has 3 heterocycles. The molecule has 1 fully saturated rings. The van der Waals surface area contributed by atoms with Gasteiger partial charge in [-0.2, -0.15) is 5.26 Å². The summed E-state index contributed by atoms with van der Waals surface area (Å²) in [5.74, 6) is 0.358. The molecule has 11 nitrogen and oxygen atoms in total. The Kier molecular flexibility index (Phi) is 12.4. The maximum absolute atomic E-state index is 11.5. The molecule has 1 aliphatic heterocycles. The van der Waals surface area contributed by atoms with Gasteiger partial charge in [-0.15, -0.1) is 0 Å². The van der Waals surface area contributed by atoms with Crippen LogP contribution in [0.25, 0.3) is 33.7 Å². The average molecular weight is 807 g/mol. The first-order valence-electron chi connectivity index (χ1n) is 18.6. The molecule has 0 aliphatic carbocycles. The number of aliphatic hydroxyl groups is 1. The van der Waals surface area contributed by atoms with Crippen molar-refractivity contribution < 1.29 is 28.9 Å². The minimum absolute atomic E-state index is 0.00829. The number of benzene rings is 4. The van der Waals surface area contributed by atoms with Crippen LogP contribution in [0, 0.1) is 31.1 Å². The van der Waals surface area contributed by atoms with E-state index in [1.807, 2.05) is 43.3 Å². The van der Waals surface area contributed by atoms with Crippen molar-refractivity contribution in [2.45, 2.75) is 46.6 Å². The number of aliphatic hydroxyl groups excluding tert-OH is 1. The number of hydrogen-bond acceptors (Lipinski definition) is 10. The number of ether oxygens (including phenoxy) is 2. The number of nitrogens with one attached hydrogen (secondary N) is 1. The topological polar surface area (TPSA) is 154 Å². The van der Waals surface area contributed by atoms with E-state index in [1.54, 1.807) is 24.4 Å². The molecular formula is C44H41Cl2N5O6. The summed E-state index contributed by atoms with van der Waals surface area (Å²) >= 11 is 13.5. The van der Waals surface area contributed by atoms with Gasteiger partial charge in [0.25, 0.3) is 0 Å². The van der Waals surface area contributed by atoms with Crippen molar-refractivity contribution in [3.8, 4) is 40.1 Å². The summed E-state index contributed by atoms with van der Waals surface area (Å²) in [6, 6.07) is 23.4. The summed E-state index contributed by atoms with van der Waals surface area (Å²) in [7, 11) is 0.